The highest BCUT2D eigenvalue weighted by molar-refractivity contribution is 7.16. The van der Waals surface area contributed by atoms with E-state index in [2.05, 4.69) is 28.8 Å². The molecule has 0 aliphatic rings. The minimum absolute atomic E-state index is 0.0658. The summed E-state index contributed by atoms with van der Waals surface area (Å²) in [7, 11) is 0. The van der Waals surface area contributed by atoms with E-state index in [1.165, 1.54) is 11.3 Å². The Morgan fingerprint density at radius 1 is 1.27 bits per heavy atom. The van der Waals surface area contributed by atoms with E-state index in [0.717, 1.165) is 22.9 Å². The van der Waals surface area contributed by atoms with Gasteiger partial charge >= 0.3 is 0 Å². The number of ketones is 1. The summed E-state index contributed by atoms with van der Waals surface area (Å²) in [6.45, 7) is 4.25. The quantitative estimate of drug-likeness (QED) is 0.523. The number of hydrogen-bond acceptors (Lipinski definition) is 4. The van der Waals surface area contributed by atoms with Crippen molar-refractivity contribution in [3.05, 3.63) is 63.1 Å². The number of thiophene rings is 1. The molecule has 0 aliphatic carbocycles. The Morgan fingerprint density at radius 3 is 2.88 bits per heavy atom. The van der Waals surface area contributed by atoms with Gasteiger partial charge in [0.2, 0.25) is 0 Å². The maximum atomic E-state index is 12.7. The van der Waals surface area contributed by atoms with Crippen molar-refractivity contribution < 1.29 is 4.79 Å². The molecule has 6 heteroatoms. The summed E-state index contributed by atoms with van der Waals surface area (Å²) in [5.41, 5.74) is 2.41. The van der Waals surface area contributed by atoms with Gasteiger partial charge < -0.3 is 9.97 Å². The predicted octanol–water partition coefficient (Wildman–Crippen LogP) is 4.09. The summed E-state index contributed by atoms with van der Waals surface area (Å²) in [4.78, 5) is 36.4. The first-order chi connectivity index (χ1) is 12.5. The van der Waals surface area contributed by atoms with E-state index < -0.39 is 0 Å². The number of carbonyl (C=O) groups is 1. The number of para-hydroxylation sites is 1. The van der Waals surface area contributed by atoms with Crippen molar-refractivity contribution in [3.63, 3.8) is 0 Å². The van der Waals surface area contributed by atoms with Crippen LogP contribution in [0.5, 0.6) is 0 Å². The molecule has 4 aromatic rings. The second-order valence-electron chi connectivity index (χ2n) is 6.90. The standard InChI is InChI=1S/C20H19N3O2S/c1-11(2)7-12-10-26-20-18(12)19(25)22-17(23-20)8-16(24)14-9-21-15-6-4-3-5-13(14)15/h3-6,9-11,21H,7-8H2,1-2H3,(H,22,23,25). The van der Waals surface area contributed by atoms with Gasteiger partial charge in [0.25, 0.3) is 5.56 Å². The average molecular weight is 365 g/mol. The normalized spacial score (nSPS) is 11.7. The number of aromatic amines is 2. The van der Waals surface area contributed by atoms with Crippen LogP contribution in [0.4, 0.5) is 0 Å². The number of aromatic nitrogens is 3. The van der Waals surface area contributed by atoms with Crippen molar-refractivity contribution in [1.82, 2.24) is 15.0 Å². The van der Waals surface area contributed by atoms with E-state index in [0.29, 0.717) is 27.5 Å². The van der Waals surface area contributed by atoms with Crippen molar-refractivity contribution in [1.29, 1.82) is 0 Å². The summed E-state index contributed by atoms with van der Waals surface area (Å²) in [6, 6.07) is 7.67. The van der Waals surface area contributed by atoms with Crippen LogP contribution in [0.25, 0.3) is 21.1 Å². The number of hydrogen-bond donors (Lipinski definition) is 2. The fourth-order valence-electron chi connectivity index (χ4n) is 3.27. The van der Waals surface area contributed by atoms with Crippen LogP contribution in [0.15, 0.2) is 40.6 Å². The Bertz CT molecular complexity index is 1170. The lowest BCUT2D eigenvalue weighted by Gasteiger charge is -2.04. The molecule has 3 aromatic heterocycles. The fraction of sp³-hybridized carbons (Fsp3) is 0.250. The van der Waals surface area contributed by atoms with Crippen LogP contribution in [0.3, 0.4) is 0 Å². The van der Waals surface area contributed by atoms with E-state index in [1.54, 1.807) is 6.20 Å². The number of fused-ring (bicyclic) bond motifs is 2. The number of H-pyrrole nitrogens is 2. The third kappa shape index (κ3) is 2.97. The summed E-state index contributed by atoms with van der Waals surface area (Å²) >= 11 is 1.46. The Balaban J connectivity index is 1.67. The van der Waals surface area contributed by atoms with E-state index in [-0.39, 0.29) is 17.8 Å². The number of nitrogens with zero attached hydrogens (tertiary/aromatic N) is 1. The lowest BCUT2D eigenvalue weighted by atomic mass is 10.0. The predicted molar refractivity (Wildman–Crippen MR) is 105 cm³/mol. The lowest BCUT2D eigenvalue weighted by molar-refractivity contribution is 0.0992. The van der Waals surface area contributed by atoms with Gasteiger partial charge in [-0.3, -0.25) is 9.59 Å². The Kier molecular flexibility index (Phi) is 4.20. The van der Waals surface area contributed by atoms with Crippen molar-refractivity contribution in [2.45, 2.75) is 26.7 Å². The third-order valence-electron chi connectivity index (χ3n) is 4.41. The van der Waals surface area contributed by atoms with Crippen LogP contribution in [0.1, 0.15) is 35.6 Å². The molecule has 0 spiro atoms. The first-order valence-electron chi connectivity index (χ1n) is 8.61. The molecule has 0 saturated carbocycles. The van der Waals surface area contributed by atoms with Crippen molar-refractivity contribution in [2.24, 2.45) is 5.92 Å². The molecule has 0 bridgehead atoms. The summed E-state index contributed by atoms with van der Waals surface area (Å²) < 4.78 is 0. The average Bonchev–Trinajstić information content (AvgIpc) is 3.19. The van der Waals surface area contributed by atoms with E-state index >= 15 is 0 Å². The monoisotopic (exact) mass is 365 g/mol. The zero-order valence-corrected chi connectivity index (χ0v) is 15.4. The Labute approximate surface area is 154 Å². The van der Waals surface area contributed by atoms with Gasteiger partial charge in [-0.25, -0.2) is 4.98 Å². The van der Waals surface area contributed by atoms with Gasteiger partial charge in [0, 0.05) is 22.7 Å². The van der Waals surface area contributed by atoms with Crippen molar-refractivity contribution >= 4 is 38.2 Å². The first kappa shape index (κ1) is 16.7. The van der Waals surface area contributed by atoms with Crippen LogP contribution >= 0.6 is 11.3 Å². The van der Waals surface area contributed by atoms with Gasteiger partial charge in [-0.1, -0.05) is 32.0 Å². The van der Waals surface area contributed by atoms with Crippen LogP contribution in [0.2, 0.25) is 0 Å². The fourth-order valence-corrected chi connectivity index (χ4v) is 4.25. The molecular weight excluding hydrogens is 346 g/mol. The highest BCUT2D eigenvalue weighted by atomic mass is 32.1. The Hall–Kier alpha value is -2.73. The van der Waals surface area contributed by atoms with Crippen LogP contribution in [-0.2, 0) is 12.8 Å². The lowest BCUT2D eigenvalue weighted by Crippen LogP contribution is -2.15. The van der Waals surface area contributed by atoms with E-state index in [9.17, 15) is 9.59 Å². The summed E-state index contributed by atoms with van der Waals surface area (Å²) in [6.07, 6.45) is 2.64. The smallest absolute Gasteiger partial charge is 0.259 e. The number of Topliss-reactive ketones (excluding diaryl/α,β-unsaturated/α-hetero) is 1. The largest absolute Gasteiger partial charge is 0.360 e. The first-order valence-corrected chi connectivity index (χ1v) is 9.49. The molecule has 0 fully saturated rings. The molecular formula is C20H19N3O2S. The zero-order valence-electron chi connectivity index (χ0n) is 14.6. The molecule has 0 aliphatic heterocycles. The highest BCUT2D eigenvalue weighted by Crippen LogP contribution is 2.24. The molecule has 4 rings (SSSR count). The molecule has 0 saturated heterocycles. The molecule has 0 unspecified atom stereocenters. The molecule has 0 atom stereocenters. The van der Waals surface area contributed by atoms with Gasteiger partial charge in [0.05, 0.1) is 11.8 Å². The SMILES string of the molecule is CC(C)Cc1csc2nc(CC(=O)c3c[nH]c4ccccc34)[nH]c(=O)c12. The maximum absolute atomic E-state index is 12.7. The summed E-state index contributed by atoms with van der Waals surface area (Å²) in [5, 5.41) is 3.54. The van der Waals surface area contributed by atoms with Crippen LogP contribution in [0, 0.1) is 5.92 Å². The number of nitrogens with one attached hydrogen (secondary N) is 2. The Morgan fingerprint density at radius 2 is 2.08 bits per heavy atom. The van der Waals surface area contributed by atoms with Crippen molar-refractivity contribution in [3.8, 4) is 0 Å². The minimum atomic E-state index is -0.159. The van der Waals surface area contributed by atoms with Gasteiger partial charge in [-0.2, -0.15) is 0 Å². The second-order valence-corrected chi connectivity index (χ2v) is 7.76. The topological polar surface area (TPSA) is 78.6 Å². The molecule has 0 radical (unpaired) electrons. The van der Waals surface area contributed by atoms with Crippen LogP contribution < -0.4 is 5.56 Å². The minimum Gasteiger partial charge on any atom is -0.360 e. The van der Waals surface area contributed by atoms with Gasteiger partial charge in [0.15, 0.2) is 5.78 Å². The number of carbonyl (C=O) groups excluding carboxylic acids is 1. The molecule has 26 heavy (non-hydrogen) atoms. The highest BCUT2D eigenvalue weighted by Gasteiger charge is 2.16. The summed E-state index contributed by atoms with van der Waals surface area (Å²) in [5.74, 6) is 0.815. The van der Waals surface area contributed by atoms with Crippen molar-refractivity contribution in [2.75, 3.05) is 0 Å². The molecule has 0 amide bonds. The molecule has 5 nitrogen and oxygen atoms in total. The molecule has 2 N–H and O–H groups in total. The van der Waals surface area contributed by atoms with Gasteiger partial charge in [-0.05, 0) is 29.3 Å². The number of benzene rings is 1. The van der Waals surface area contributed by atoms with Gasteiger partial charge in [0.1, 0.15) is 10.7 Å². The van der Waals surface area contributed by atoms with Gasteiger partial charge in [-0.15, -0.1) is 11.3 Å². The number of rotatable bonds is 5. The zero-order chi connectivity index (χ0) is 18.3. The second kappa shape index (κ2) is 6.53. The molecule has 1 aromatic carbocycles. The maximum Gasteiger partial charge on any atom is 0.259 e. The molecule has 3 heterocycles. The molecule has 132 valence electrons. The third-order valence-corrected chi connectivity index (χ3v) is 5.34. The van der Waals surface area contributed by atoms with E-state index in [4.69, 9.17) is 0 Å². The van der Waals surface area contributed by atoms with E-state index in [1.807, 2.05) is 29.6 Å². The van der Waals surface area contributed by atoms with Crippen LogP contribution in [-0.4, -0.2) is 20.7 Å².